The summed E-state index contributed by atoms with van der Waals surface area (Å²) in [5.41, 5.74) is 4.73. The lowest BCUT2D eigenvalue weighted by Crippen LogP contribution is -2.51. The summed E-state index contributed by atoms with van der Waals surface area (Å²) in [7, 11) is 0. The SMILES string of the molecule is CCN1CCC(NC(=O)OCC2c3ccccc3-c3ccccc32)C(CC(=O)O)C1. The third-order valence-corrected chi connectivity index (χ3v) is 6.35. The zero-order chi connectivity index (χ0) is 21.1. The third-order valence-electron chi connectivity index (χ3n) is 6.35. The molecular weight excluding hydrogens is 380 g/mol. The van der Waals surface area contributed by atoms with E-state index in [1.807, 2.05) is 24.3 Å². The number of carbonyl (C=O) groups is 2. The molecule has 30 heavy (non-hydrogen) atoms. The normalized spacial score (nSPS) is 21.0. The van der Waals surface area contributed by atoms with Gasteiger partial charge < -0.3 is 20.1 Å². The lowest BCUT2D eigenvalue weighted by Gasteiger charge is -2.37. The Kier molecular flexibility index (Phi) is 6.04. The monoisotopic (exact) mass is 408 g/mol. The van der Waals surface area contributed by atoms with Crippen molar-refractivity contribution in [3.63, 3.8) is 0 Å². The highest BCUT2D eigenvalue weighted by Gasteiger charge is 2.33. The number of hydrogen-bond acceptors (Lipinski definition) is 4. The van der Waals surface area contributed by atoms with Crippen LogP contribution in [0.1, 0.15) is 36.8 Å². The van der Waals surface area contributed by atoms with Gasteiger partial charge in [0, 0.05) is 31.0 Å². The van der Waals surface area contributed by atoms with Crippen LogP contribution in [0.3, 0.4) is 0 Å². The van der Waals surface area contributed by atoms with E-state index in [2.05, 4.69) is 41.4 Å². The first-order valence-electron chi connectivity index (χ1n) is 10.6. The van der Waals surface area contributed by atoms with Gasteiger partial charge >= 0.3 is 12.1 Å². The Labute approximate surface area is 176 Å². The number of ether oxygens (including phenoxy) is 1. The van der Waals surface area contributed by atoms with Gasteiger partial charge in [0.2, 0.25) is 0 Å². The lowest BCUT2D eigenvalue weighted by atomic mass is 9.89. The van der Waals surface area contributed by atoms with Crippen LogP contribution < -0.4 is 5.32 Å². The summed E-state index contributed by atoms with van der Waals surface area (Å²) in [5.74, 6) is -0.936. The molecule has 2 aliphatic rings. The molecule has 2 N–H and O–H groups in total. The van der Waals surface area contributed by atoms with Crippen molar-refractivity contribution in [3.05, 3.63) is 59.7 Å². The number of nitrogens with one attached hydrogen (secondary N) is 1. The molecule has 2 aromatic rings. The molecule has 0 radical (unpaired) electrons. The zero-order valence-electron chi connectivity index (χ0n) is 17.2. The van der Waals surface area contributed by atoms with Gasteiger partial charge in [-0.25, -0.2) is 4.79 Å². The Bertz CT molecular complexity index is 883. The van der Waals surface area contributed by atoms with Gasteiger partial charge in [-0.1, -0.05) is 55.5 Å². The molecule has 1 heterocycles. The summed E-state index contributed by atoms with van der Waals surface area (Å²) in [5, 5.41) is 12.2. The summed E-state index contributed by atoms with van der Waals surface area (Å²) in [4.78, 5) is 26.1. The molecule has 4 rings (SSSR count). The predicted octanol–water partition coefficient (Wildman–Crippen LogP) is 3.71. The maximum atomic E-state index is 12.6. The molecule has 0 bridgehead atoms. The molecular formula is C24H28N2O4. The maximum absolute atomic E-state index is 12.6. The largest absolute Gasteiger partial charge is 0.481 e. The average molecular weight is 408 g/mol. The summed E-state index contributed by atoms with van der Waals surface area (Å²) >= 11 is 0. The molecule has 0 aromatic heterocycles. The van der Waals surface area contributed by atoms with E-state index in [4.69, 9.17) is 4.74 Å². The van der Waals surface area contributed by atoms with E-state index in [-0.39, 0.29) is 30.9 Å². The number of nitrogens with zero attached hydrogens (tertiary/aromatic N) is 1. The highest BCUT2D eigenvalue weighted by atomic mass is 16.5. The minimum atomic E-state index is -0.836. The lowest BCUT2D eigenvalue weighted by molar-refractivity contribution is -0.138. The van der Waals surface area contributed by atoms with Crippen molar-refractivity contribution in [3.8, 4) is 11.1 Å². The van der Waals surface area contributed by atoms with E-state index in [1.54, 1.807) is 0 Å². The Morgan fingerprint density at radius 1 is 1.10 bits per heavy atom. The van der Waals surface area contributed by atoms with Crippen LogP contribution in [0.4, 0.5) is 4.79 Å². The molecule has 1 aliphatic heterocycles. The quantitative estimate of drug-likeness (QED) is 0.762. The number of fused-ring (bicyclic) bond motifs is 3. The smallest absolute Gasteiger partial charge is 0.407 e. The summed E-state index contributed by atoms with van der Waals surface area (Å²) in [6.07, 6.45) is 0.308. The number of carboxylic acid groups (broad SMARTS) is 1. The molecule has 2 unspecified atom stereocenters. The van der Waals surface area contributed by atoms with Crippen LogP contribution in [0.2, 0.25) is 0 Å². The number of amides is 1. The van der Waals surface area contributed by atoms with E-state index in [9.17, 15) is 14.7 Å². The van der Waals surface area contributed by atoms with Crippen LogP contribution >= 0.6 is 0 Å². The van der Waals surface area contributed by atoms with Gasteiger partial charge in [0.25, 0.3) is 0 Å². The molecule has 1 saturated heterocycles. The minimum absolute atomic E-state index is 0.0138. The fourth-order valence-corrected chi connectivity index (χ4v) is 4.81. The van der Waals surface area contributed by atoms with Crippen LogP contribution in [-0.4, -0.2) is 54.4 Å². The first kappa shape index (κ1) is 20.4. The van der Waals surface area contributed by atoms with Crippen LogP contribution in [0, 0.1) is 5.92 Å². The topological polar surface area (TPSA) is 78.9 Å². The molecule has 6 heteroatoms. The van der Waals surface area contributed by atoms with Gasteiger partial charge in [-0.05, 0) is 35.2 Å². The average Bonchev–Trinajstić information content (AvgIpc) is 3.07. The minimum Gasteiger partial charge on any atom is -0.481 e. The van der Waals surface area contributed by atoms with E-state index < -0.39 is 12.1 Å². The van der Waals surface area contributed by atoms with Crippen molar-refractivity contribution >= 4 is 12.1 Å². The van der Waals surface area contributed by atoms with E-state index >= 15 is 0 Å². The van der Waals surface area contributed by atoms with Crippen molar-refractivity contribution in [2.24, 2.45) is 5.92 Å². The first-order valence-corrected chi connectivity index (χ1v) is 10.6. The van der Waals surface area contributed by atoms with Crippen LogP contribution in [-0.2, 0) is 9.53 Å². The fourth-order valence-electron chi connectivity index (χ4n) is 4.81. The van der Waals surface area contributed by atoms with Gasteiger partial charge in [0.15, 0.2) is 0 Å². The zero-order valence-corrected chi connectivity index (χ0v) is 17.2. The number of carbonyl (C=O) groups excluding carboxylic acids is 1. The van der Waals surface area contributed by atoms with E-state index in [0.29, 0.717) is 6.54 Å². The molecule has 1 amide bonds. The first-order chi connectivity index (χ1) is 14.6. The Balaban J connectivity index is 1.41. The number of alkyl carbamates (subject to hydrolysis) is 1. The Hall–Kier alpha value is -2.86. The maximum Gasteiger partial charge on any atom is 0.407 e. The van der Waals surface area contributed by atoms with Crippen molar-refractivity contribution in [1.29, 1.82) is 0 Å². The highest BCUT2D eigenvalue weighted by Crippen LogP contribution is 2.44. The number of piperidine rings is 1. The van der Waals surface area contributed by atoms with Crippen molar-refractivity contribution in [2.75, 3.05) is 26.2 Å². The molecule has 0 saturated carbocycles. The number of hydrogen-bond donors (Lipinski definition) is 2. The van der Waals surface area contributed by atoms with Crippen LogP contribution in [0.5, 0.6) is 0 Å². The van der Waals surface area contributed by atoms with Crippen molar-refractivity contribution in [1.82, 2.24) is 10.2 Å². The van der Waals surface area contributed by atoms with Gasteiger partial charge in [-0.15, -0.1) is 0 Å². The molecule has 6 nitrogen and oxygen atoms in total. The Morgan fingerprint density at radius 2 is 1.73 bits per heavy atom. The second kappa shape index (κ2) is 8.88. The molecule has 1 aliphatic carbocycles. The molecule has 158 valence electrons. The van der Waals surface area contributed by atoms with E-state index in [0.717, 1.165) is 19.5 Å². The highest BCUT2D eigenvalue weighted by molar-refractivity contribution is 5.79. The molecule has 1 fully saturated rings. The van der Waals surface area contributed by atoms with Gasteiger partial charge in [0.05, 0.1) is 6.42 Å². The molecule has 2 aromatic carbocycles. The Morgan fingerprint density at radius 3 is 2.33 bits per heavy atom. The number of benzene rings is 2. The van der Waals surface area contributed by atoms with Gasteiger partial charge in [-0.2, -0.15) is 0 Å². The third kappa shape index (κ3) is 4.19. The molecule has 2 atom stereocenters. The van der Waals surface area contributed by atoms with Crippen molar-refractivity contribution in [2.45, 2.75) is 31.7 Å². The second-order valence-electron chi connectivity index (χ2n) is 8.12. The standard InChI is InChI=1S/C24H28N2O4/c1-2-26-12-11-22(16(14-26)13-23(27)28)25-24(29)30-15-21-19-9-5-3-7-17(19)18-8-4-6-10-20(18)21/h3-10,16,21-22H,2,11-15H2,1H3,(H,25,29)(H,27,28). The summed E-state index contributed by atoms with van der Waals surface area (Å²) in [6, 6.07) is 16.3. The molecule has 0 spiro atoms. The van der Waals surface area contributed by atoms with Crippen LogP contribution in [0.25, 0.3) is 11.1 Å². The second-order valence-corrected chi connectivity index (χ2v) is 8.12. The van der Waals surface area contributed by atoms with Gasteiger partial charge in [0.1, 0.15) is 6.61 Å². The fraction of sp³-hybridized carbons (Fsp3) is 0.417. The van der Waals surface area contributed by atoms with Crippen LogP contribution in [0.15, 0.2) is 48.5 Å². The van der Waals surface area contributed by atoms with E-state index in [1.165, 1.54) is 22.3 Å². The number of carboxylic acids is 1. The summed E-state index contributed by atoms with van der Waals surface area (Å²) in [6.45, 7) is 4.74. The number of aliphatic carboxylic acids is 1. The van der Waals surface area contributed by atoms with Gasteiger partial charge in [-0.3, -0.25) is 4.79 Å². The summed E-state index contributed by atoms with van der Waals surface area (Å²) < 4.78 is 5.64. The predicted molar refractivity (Wildman–Crippen MR) is 114 cm³/mol. The number of rotatable bonds is 6. The number of likely N-dealkylation sites (tertiary alicyclic amines) is 1. The van der Waals surface area contributed by atoms with Crippen molar-refractivity contribution < 1.29 is 19.4 Å².